The van der Waals surface area contributed by atoms with Crippen LogP contribution in [-0.2, 0) is 0 Å². The van der Waals surface area contributed by atoms with Crippen LogP contribution in [0.25, 0.3) is 0 Å². The highest BCUT2D eigenvalue weighted by Crippen LogP contribution is 2.26. The summed E-state index contributed by atoms with van der Waals surface area (Å²) in [6.45, 7) is 3.68. The number of nitrogens with one attached hydrogen (secondary N) is 1. The predicted molar refractivity (Wildman–Crippen MR) is 64.0 cm³/mol. The van der Waals surface area contributed by atoms with E-state index in [4.69, 9.17) is 17.4 Å². The van der Waals surface area contributed by atoms with Crippen LogP contribution in [0, 0.1) is 0 Å². The Bertz CT molecular complexity index is 328. The summed E-state index contributed by atoms with van der Waals surface area (Å²) in [5.41, 5.74) is 3.82. The molecule has 2 nitrogen and oxygen atoms in total. The van der Waals surface area contributed by atoms with Crippen molar-refractivity contribution in [2.24, 2.45) is 5.84 Å². The fourth-order valence-electron chi connectivity index (χ4n) is 1.20. The van der Waals surface area contributed by atoms with Crippen molar-refractivity contribution in [3.05, 3.63) is 45.9 Å². The highest BCUT2D eigenvalue weighted by molar-refractivity contribution is 9.10. The first-order valence-corrected chi connectivity index (χ1v) is 5.38. The Labute approximate surface area is 97.2 Å². The van der Waals surface area contributed by atoms with Gasteiger partial charge in [0.1, 0.15) is 0 Å². The van der Waals surface area contributed by atoms with E-state index in [2.05, 4.69) is 27.9 Å². The molecule has 0 aromatic heterocycles. The number of hydrogen-bond acceptors (Lipinski definition) is 2. The Balaban J connectivity index is 2.93. The van der Waals surface area contributed by atoms with E-state index < -0.39 is 0 Å². The van der Waals surface area contributed by atoms with Crippen molar-refractivity contribution >= 4 is 27.5 Å². The minimum atomic E-state index is 0.0843. The van der Waals surface area contributed by atoms with Crippen molar-refractivity contribution < 1.29 is 0 Å². The van der Waals surface area contributed by atoms with Gasteiger partial charge in [-0.3, -0.25) is 11.3 Å². The smallest absolute Gasteiger partial charge is 0.0548 e. The van der Waals surface area contributed by atoms with E-state index in [1.165, 1.54) is 0 Å². The van der Waals surface area contributed by atoms with Gasteiger partial charge in [-0.15, -0.1) is 6.58 Å². The topological polar surface area (TPSA) is 38.0 Å². The van der Waals surface area contributed by atoms with Crippen molar-refractivity contribution in [3.63, 3.8) is 0 Å². The Morgan fingerprint density at radius 2 is 2.36 bits per heavy atom. The average molecular weight is 276 g/mol. The van der Waals surface area contributed by atoms with E-state index >= 15 is 0 Å². The van der Waals surface area contributed by atoms with Crippen LogP contribution in [0.1, 0.15) is 18.0 Å². The first-order valence-electron chi connectivity index (χ1n) is 4.21. The molecule has 0 aliphatic carbocycles. The summed E-state index contributed by atoms with van der Waals surface area (Å²) in [5.74, 6) is 5.43. The zero-order valence-electron chi connectivity index (χ0n) is 7.63. The fourth-order valence-corrected chi connectivity index (χ4v) is 1.71. The molecule has 0 aliphatic rings. The molecule has 0 aliphatic heterocycles. The lowest BCUT2D eigenvalue weighted by Gasteiger charge is -2.14. The molecule has 4 heteroatoms. The molecule has 0 saturated heterocycles. The minimum Gasteiger partial charge on any atom is -0.271 e. The lowest BCUT2D eigenvalue weighted by atomic mass is 10.0. The standard InChI is InChI=1S/C10H12BrClN2/c1-2-3-10(14-13)7-4-5-9(12)8(11)6-7/h2,4-6,10,14H,1,3,13H2. The zero-order valence-corrected chi connectivity index (χ0v) is 9.98. The number of hydrazine groups is 1. The second-order valence-corrected chi connectivity index (χ2v) is 4.18. The van der Waals surface area contributed by atoms with Crippen molar-refractivity contribution in [3.8, 4) is 0 Å². The largest absolute Gasteiger partial charge is 0.271 e. The van der Waals surface area contributed by atoms with Crippen LogP contribution in [0.3, 0.4) is 0 Å². The SMILES string of the molecule is C=CCC(NN)c1ccc(Cl)c(Br)c1. The molecule has 0 radical (unpaired) electrons. The maximum absolute atomic E-state index is 5.89. The molecule has 0 saturated carbocycles. The first kappa shape index (κ1) is 11.7. The van der Waals surface area contributed by atoms with Crippen LogP contribution < -0.4 is 11.3 Å². The summed E-state index contributed by atoms with van der Waals surface area (Å²) in [6.07, 6.45) is 2.61. The second kappa shape index (κ2) is 5.51. The van der Waals surface area contributed by atoms with Crippen LogP contribution in [-0.4, -0.2) is 0 Å². The molecule has 1 rings (SSSR count). The van der Waals surface area contributed by atoms with Crippen LogP contribution in [0.5, 0.6) is 0 Å². The highest BCUT2D eigenvalue weighted by atomic mass is 79.9. The summed E-state index contributed by atoms with van der Waals surface area (Å²) < 4.78 is 0.876. The van der Waals surface area contributed by atoms with Crippen LogP contribution >= 0.6 is 27.5 Å². The third kappa shape index (κ3) is 2.82. The van der Waals surface area contributed by atoms with Gasteiger partial charge in [0, 0.05) is 10.5 Å². The number of rotatable bonds is 4. The van der Waals surface area contributed by atoms with Crippen LogP contribution in [0.2, 0.25) is 5.02 Å². The molecule has 0 spiro atoms. The van der Waals surface area contributed by atoms with E-state index in [-0.39, 0.29) is 6.04 Å². The second-order valence-electron chi connectivity index (χ2n) is 2.92. The maximum Gasteiger partial charge on any atom is 0.0548 e. The molecule has 1 unspecified atom stereocenters. The number of hydrogen-bond donors (Lipinski definition) is 2. The Kier molecular flexibility index (Phi) is 4.62. The van der Waals surface area contributed by atoms with Gasteiger partial charge < -0.3 is 0 Å². The molecule has 76 valence electrons. The van der Waals surface area contributed by atoms with E-state index in [0.717, 1.165) is 16.5 Å². The molecule has 1 atom stereocenters. The normalized spacial score (nSPS) is 12.5. The quantitative estimate of drug-likeness (QED) is 0.503. The summed E-state index contributed by atoms with van der Waals surface area (Å²) in [5, 5.41) is 0.697. The third-order valence-electron chi connectivity index (χ3n) is 1.95. The van der Waals surface area contributed by atoms with Gasteiger partial charge >= 0.3 is 0 Å². The van der Waals surface area contributed by atoms with Gasteiger partial charge in [-0.05, 0) is 40.0 Å². The zero-order chi connectivity index (χ0) is 10.6. The van der Waals surface area contributed by atoms with Crippen molar-refractivity contribution in [1.29, 1.82) is 0 Å². The summed E-state index contributed by atoms with van der Waals surface area (Å²) in [6, 6.07) is 5.83. The molecule has 14 heavy (non-hydrogen) atoms. The van der Waals surface area contributed by atoms with Gasteiger partial charge in [0.25, 0.3) is 0 Å². The minimum absolute atomic E-state index is 0.0843. The molecule has 0 bridgehead atoms. The van der Waals surface area contributed by atoms with Gasteiger partial charge in [0.15, 0.2) is 0 Å². The van der Waals surface area contributed by atoms with Crippen LogP contribution in [0.15, 0.2) is 35.3 Å². The Hall–Kier alpha value is -0.350. The summed E-state index contributed by atoms with van der Waals surface area (Å²) in [4.78, 5) is 0. The lowest BCUT2D eigenvalue weighted by Crippen LogP contribution is -2.27. The number of nitrogens with two attached hydrogens (primary N) is 1. The van der Waals surface area contributed by atoms with Crippen LogP contribution in [0.4, 0.5) is 0 Å². The van der Waals surface area contributed by atoms with Crippen molar-refractivity contribution in [1.82, 2.24) is 5.43 Å². The number of benzene rings is 1. The van der Waals surface area contributed by atoms with Gasteiger partial charge in [0.2, 0.25) is 0 Å². The van der Waals surface area contributed by atoms with E-state index in [1.54, 1.807) is 0 Å². The van der Waals surface area contributed by atoms with Gasteiger partial charge in [-0.1, -0.05) is 23.7 Å². The summed E-state index contributed by atoms with van der Waals surface area (Å²) >= 11 is 9.26. The molecule has 0 heterocycles. The highest BCUT2D eigenvalue weighted by Gasteiger charge is 2.08. The van der Waals surface area contributed by atoms with E-state index in [9.17, 15) is 0 Å². The molecule has 0 amide bonds. The molecule has 0 fully saturated rings. The molecule has 1 aromatic rings. The first-order chi connectivity index (χ1) is 6.69. The monoisotopic (exact) mass is 274 g/mol. The average Bonchev–Trinajstić information content (AvgIpc) is 2.19. The molecule has 3 N–H and O–H groups in total. The van der Waals surface area contributed by atoms with Gasteiger partial charge in [0.05, 0.1) is 5.02 Å². The molecular formula is C10H12BrClN2. The van der Waals surface area contributed by atoms with Gasteiger partial charge in [-0.25, -0.2) is 0 Å². The third-order valence-corrected chi connectivity index (χ3v) is 3.16. The lowest BCUT2D eigenvalue weighted by molar-refractivity contribution is 0.561. The maximum atomic E-state index is 5.89. The predicted octanol–water partition coefficient (Wildman–Crippen LogP) is 3.18. The fraction of sp³-hybridized carbons (Fsp3) is 0.200. The molecule has 1 aromatic carbocycles. The summed E-state index contributed by atoms with van der Waals surface area (Å²) in [7, 11) is 0. The molecular weight excluding hydrogens is 263 g/mol. The Morgan fingerprint density at radius 3 is 2.86 bits per heavy atom. The van der Waals surface area contributed by atoms with Crippen molar-refractivity contribution in [2.75, 3.05) is 0 Å². The Morgan fingerprint density at radius 1 is 1.64 bits per heavy atom. The van der Waals surface area contributed by atoms with E-state index in [1.807, 2.05) is 24.3 Å². The van der Waals surface area contributed by atoms with E-state index in [0.29, 0.717) is 5.02 Å². The van der Waals surface area contributed by atoms with Gasteiger partial charge in [-0.2, -0.15) is 0 Å². The van der Waals surface area contributed by atoms with Crippen molar-refractivity contribution in [2.45, 2.75) is 12.5 Å². The number of halogens is 2.